The number of rotatable bonds is 6. The number of hydrogen-bond acceptors (Lipinski definition) is 6. The van der Waals surface area contributed by atoms with Gasteiger partial charge in [-0.1, -0.05) is 12.1 Å². The lowest BCUT2D eigenvalue weighted by Gasteiger charge is -2.20. The molecule has 2 amide bonds. The molecule has 0 atom stereocenters. The lowest BCUT2D eigenvalue weighted by atomic mass is 10.0. The standard InChI is InChI=1S/C30H32N4O5/c1-30(2,3)39-29(36)31-12-14-37-24-8-4-20(5-9-24)28(35)34-13-15-38-27-11-7-21(16-23(27)18-34)22-6-10-25-26(17-22)33-19-32-25/h4-11,16-17,19H,12-15,18H2,1-3H3,(H,31,36)(H,32,33). The molecule has 3 aromatic carbocycles. The van der Waals surface area contributed by atoms with Crippen molar-refractivity contribution in [3.05, 3.63) is 78.1 Å². The van der Waals surface area contributed by atoms with Crippen molar-refractivity contribution in [2.75, 3.05) is 26.3 Å². The first kappa shape index (κ1) is 26.1. The molecule has 39 heavy (non-hydrogen) atoms. The van der Waals surface area contributed by atoms with Crippen LogP contribution >= 0.6 is 0 Å². The second-order valence-electron chi connectivity index (χ2n) is 10.3. The fourth-order valence-electron chi connectivity index (χ4n) is 4.37. The van der Waals surface area contributed by atoms with Crippen LogP contribution in [0.2, 0.25) is 0 Å². The molecule has 4 aromatic rings. The molecule has 9 nitrogen and oxygen atoms in total. The molecule has 0 radical (unpaired) electrons. The highest BCUT2D eigenvalue weighted by molar-refractivity contribution is 5.94. The maximum absolute atomic E-state index is 13.4. The van der Waals surface area contributed by atoms with Crippen molar-refractivity contribution in [1.82, 2.24) is 20.2 Å². The van der Waals surface area contributed by atoms with Crippen LogP contribution in [0.4, 0.5) is 4.79 Å². The van der Waals surface area contributed by atoms with E-state index in [2.05, 4.69) is 27.4 Å². The summed E-state index contributed by atoms with van der Waals surface area (Å²) in [4.78, 5) is 34.3. The van der Waals surface area contributed by atoms with Crippen molar-refractivity contribution in [2.24, 2.45) is 0 Å². The Labute approximate surface area is 227 Å². The third-order valence-corrected chi connectivity index (χ3v) is 6.22. The Balaban J connectivity index is 1.20. The summed E-state index contributed by atoms with van der Waals surface area (Å²) < 4.78 is 16.9. The normalized spacial score (nSPS) is 13.3. The van der Waals surface area contributed by atoms with E-state index in [0.717, 1.165) is 33.5 Å². The van der Waals surface area contributed by atoms with E-state index in [1.807, 2.05) is 45.0 Å². The highest BCUT2D eigenvalue weighted by atomic mass is 16.6. The zero-order chi connectivity index (χ0) is 27.4. The Bertz CT molecular complexity index is 1470. The van der Waals surface area contributed by atoms with E-state index in [-0.39, 0.29) is 12.5 Å². The van der Waals surface area contributed by atoms with E-state index in [0.29, 0.717) is 37.6 Å². The Hall–Kier alpha value is -4.53. The number of imidazole rings is 1. The number of benzene rings is 3. The van der Waals surface area contributed by atoms with E-state index < -0.39 is 11.7 Å². The molecule has 5 rings (SSSR count). The molecular formula is C30H32N4O5. The fourth-order valence-corrected chi connectivity index (χ4v) is 4.37. The number of alkyl carbamates (subject to hydrolysis) is 1. The lowest BCUT2D eigenvalue weighted by molar-refractivity contribution is 0.0520. The average molecular weight is 529 g/mol. The molecule has 0 saturated heterocycles. The van der Waals surface area contributed by atoms with Crippen LogP contribution in [0.15, 0.2) is 67.0 Å². The van der Waals surface area contributed by atoms with Gasteiger partial charge in [-0.25, -0.2) is 9.78 Å². The molecule has 202 valence electrons. The zero-order valence-electron chi connectivity index (χ0n) is 22.3. The first-order valence-electron chi connectivity index (χ1n) is 12.9. The number of carbonyl (C=O) groups is 2. The summed E-state index contributed by atoms with van der Waals surface area (Å²) in [5.41, 5.74) is 4.98. The molecule has 2 heterocycles. The van der Waals surface area contributed by atoms with E-state index in [4.69, 9.17) is 14.2 Å². The van der Waals surface area contributed by atoms with Crippen molar-refractivity contribution in [1.29, 1.82) is 0 Å². The zero-order valence-corrected chi connectivity index (χ0v) is 22.3. The SMILES string of the molecule is CC(C)(C)OC(=O)NCCOc1ccc(C(=O)N2CCOc3ccc(-c4ccc5nc[nH]c5c4)cc3C2)cc1. The number of ether oxygens (including phenoxy) is 3. The van der Waals surface area contributed by atoms with Crippen molar-refractivity contribution >= 4 is 23.0 Å². The molecule has 1 aliphatic heterocycles. The van der Waals surface area contributed by atoms with Crippen molar-refractivity contribution < 1.29 is 23.8 Å². The number of nitrogens with one attached hydrogen (secondary N) is 2. The van der Waals surface area contributed by atoms with Crippen LogP contribution in [-0.4, -0.2) is 58.8 Å². The van der Waals surface area contributed by atoms with Crippen LogP contribution in [0.1, 0.15) is 36.7 Å². The van der Waals surface area contributed by atoms with Gasteiger partial charge < -0.3 is 29.4 Å². The molecule has 2 N–H and O–H groups in total. The molecule has 9 heteroatoms. The minimum Gasteiger partial charge on any atom is -0.492 e. The van der Waals surface area contributed by atoms with Crippen molar-refractivity contribution in [2.45, 2.75) is 32.9 Å². The van der Waals surface area contributed by atoms with Gasteiger partial charge in [0.2, 0.25) is 0 Å². The monoisotopic (exact) mass is 528 g/mol. The van der Waals surface area contributed by atoms with Crippen molar-refractivity contribution in [3.63, 3.8) is 0 Å². The lowest BCUT2D eigenvalue weighted by Crippen LogP contribution is -2.34. The summed E-state index contributed by atoms with van der Waals surface area (Å²) in [6.07, 6.45) is 1.20. The third kappa shape index (κ3) is 6.49. The third-order valence-electron chi connectivity index (χ3n) is 6.22. The molecule has 1 aliphatic rings. The predicted molar refractivity (Wildman–Crippen MR) is 148 cm³/mol. The van der Waals surface area contributed by atoms with Crippen LogP contribution in [-0.2, 0) is 11.3 Å². The summed E-state index contributed by atoms with van der Waals surface area (Å²) in [5.74, 6) is 1.33. The molecule has 0 spiro atoms. The van der Waals surface area contributed by atoms with Crippen LogP contribution in [0.3, 0.4) is 0 Å². The Morgan fingerprint density at radius 2 is 1.82 bits per heavy atom. The number of H-pyrrole nitrogens is 1. The van der Waals surface area contributed by atoms with Gasteiger partial charge in [-0.3, -0.25) is 4.79 Å². The second-order valence-corrected chi connectivity index (χ2v) is 10.3. The first-order chi connectivity index (χ1) is 18.7. The van der Waals surface area contributed by atoms with Gasteiger partial charge in [0.1, 0.15) is 30.3 Å². The minimum atomic E-state index is -0.549. The van der Waals surface area contributed by atoms with E-state index in [1.54, 1.807) is 35.5 Å². The number of amides is 2. The number of carbonyl (C=O) groups excluding carboxylic acids is 2. The molecular weight excluding hydrogens is 496 g/mol. The summed E-state index contributed by atoms with van der Waals surface area (Å²) >= 11 is 0. The second kappa shape index (κ2) is 11.1. The minimum absolute atomic E-state index is 0.0751. The molecule has 0 fully saturated rings. The molecule has 0 unspecified atom stereocenters. The quantitative estimate of drug-likeness (QED) is 0.335. The van der Waals surface area contributed by atoms with E-state index in [1.165, 1.54) is 0 Å². The van der Waals surface area contributed by atoms with Crippen LogP contribution < -0.4 is 14.8 Å². The maximum Gasteiger partial charge on any atom is 0.407 e. The maximum atomic E-state index is 13.4. The average Bonchev–Trinajstić information content (AvgIpc) is 3.28. The van der Waals surface area contributed by atoms with Crippen LogP contribution in [0.5, 0.6) is 11.5 Å². The van der Waals surface area contributed by atoms with Gasteiger partial charge >= 0.3 is 6.09 Å². The Kier molecular flexibility index (Phi) is 7.40. The largest absolute Gasteiger partial charge is 0.492 e. The summed E-state index contributed by atoms with van der Waals surface area (Å²) in [5, 5.41) is 2.65. The molecule has 0 bridgehead atoms. The van der Waals surface area contributed by atoms with Crippen LogP contribution in [0, 0.1) is 0 Å². The number of aromatic amines is 1. The molecule has 1 aromatic heterocycles. The van der Waals surface area contributed by atoms with Crippen LogP contribution in [0.25, 0.3) is 22.2 Å². The Morgan fingerprint density at radius 1 is 1.05 bits per heavy atom. The van der Waals surface area contributed by atoms with E-state index >= 15 is 0 Å². The number of hydrogen-bond donors (Lipinski definition) is 2. The summed E-state index contributed by atoms with van der Waals surface area (Å²) in [6.45, 7) is 7.37. The van der Waals surface area contributed by atoms with Gasteiger partial charge in [0.05, 0.1) is 30.5 Å². The van der Waals surface area contributed by atoms with Gasteiger partial charge in [-0.15, -0.1) is 0 Å². The first-order valence-corrected chi connectivity index (χ1v) is 12.9. The van der Waals surface area contributed by atoms with E-state index in [9.17, 15) is 9.59 Å². The summed E-state index contributed by atoms with van der Waals surface area (Å²) in [7, 11) is 0. The number of nitrogens with zero attached hydrogens (tertiary/aromatic N) is 2. The Morgan fingerprint density at radius 3 is 2.62 bits per heavy atom. The van der Waals surface area contributed by atoms with Gasteiger partial charge in [-0.05, 0) is 80.4 Å². The molecule has 0 aliphatic carbocycles. The predicted octanol–water partition coefficient (Wildman–Crippen LogP) is 5.17. The topological polar surface area (TPSA) is 106 Å². The van der Waals surface area contributed by atoms with Gasteiger partial charge in [0.25, 0.3) is 5.91 Å². The highest BCUT2D eigenvalue weighted by Crippen LogP contribution is 2.31. The number of aromatic nitrogens is 2. The molecule has 0 saturated carbocycles. The fraction of sp³-hybridized carbons (Fsp3) is 0.300. The summed E-state index contributed by atoms with van der Waals surface area (Å²) in [6, 6.07) is 19.2. The van der Waals surface area contributed by atoms with Crippen molar-refractivity contribution in [3.8, 4) is 22.6 Å². The van der Waals surface area contributed by atoms with Gasteiger partial charge in [0, 0.05) is 17.7 Å². The van der Waals surface area contributed by atoms with Gasteiger partial charge in [0.15, 0.2) is 0 Å². The smallest absolute Gasteiger partial charge is 0.407 e. The highest BCUT2D eigenvalue weighted by Gasteiger charge is 2.22. The van der Waals surface area contributed by atoms with Gasteiger partial charge in [-0.2, -0.15) is 0 Å². The number of fused-ring (bicyclic) bond motifs is 2.